The van der Waals surface area contributed by atoms with Crippen LogP contribution in [0.4, 0.5) is 4.79 Å². The van der Waals surface area contributed by atoms with E-state index in [1.807, 2.05) is 64.1 Å². The summed E-state index contributed by atoms with van der Waals surface area (Å²) in [6.45, 7) is 8.23. The van der Waals surface area contributed by atoms with Crippen LogP contribution in [0.1, 0.15) is 39.0 Å². The van der Waals surface area contributed by atoms with Crippen LogP contribution in [0.5, 0.6) is 0 Å². The maximum absolute atomic E-state index is 12.4. The Morgan fingerprint density at radius 3 is 2.55 bits per heavy atom. The number of carbonyl (C=O) groups is 1. The van der Waals surface area contributed by atoms with Crippen molar-refractivity contribution >= 4 is 36.5 Å². The Bertz CT molecular complexity index is 1160. The lowest BCUT2D eigenvalue weighted by atomic mass is 9.77. The molecule has 33 heavy (non-hydrogen) atoms. The number of benzene rings is 1. The molecule has 0 spiro atoms. The molecule has 1 amide bonds. The number of imidazole rings is 1. The molecule has 0 atom stereocenters. The summed E-state index contributed by atoms with van der Waals surface area (Å²) in [7, 11) is -0.672. The Balaban J connectivity index is 1.54. The number of alkyl carbamates (subject to hydrolysis) is 1. The van der Waals surface area contributed by atoms with Gasteiger partial charge in [-0.1, -0.05) is 41.9 Å². The third kappa shape index (κ3) is 5.21. The highest BCUT2D eigenvalue weighted by Crippen LogP contribution is 2.38. The first-order valence-electron chi connectivity index (χ1n) is 10.7. The molecular weight excluding hydrogens is 443 g/mol. The number of amides is 1. The first-order chi connectivity index (χ1) is 15.6. The van der Waals surface area contributed by atoms with Gasteiger partial charge in [0.25, 0.3) is 0 Å². The molecule has 3 heterocycles. The van der Waals surface area contributed by atoms with E-state index in [2.05, 4.69) is 15.4 Å². The summed E-state index contributed by atoms with van der Waals surface area (Å²) in [5.74, 6) is 0. The molecule has 1 saturated heterocycles. The minimum Gasteiger partial charge on any atom is -0.445 e. The lowest BCUT2D eigenvalue weighted by Gasteiger charge is -2.32. The highest BCUT2D eigenvalue weighted by molar-refractivity contribution is 6.56. The van der Waals surface area contributed by atoms with E-state index in [0.29, 0.717) is 22.0 Å². The van der Waals surface area contributed by atoms with Crippen molar-refractivity contribution in [2.24, 2.45) is 0 Å². The summed E-state index contributed by atoms with van der Waals surface area (Å²) < 4.78 is 19.4. The molecule has 8 nitrogen and oxygen atoms in total. The van der Waals surface area contributed by atoms with Gasteiger partial charge in [0.2, 0.25) is 0 Å². The number of halogens is 1. The van der Waals surface area contributed by atoms with Gasteiger partial charge in [0.05, 0.1) is 23.1 Å². The van der Waals surface area contributed by atoms with Crippen molar-refractivity contribution in [2.45, 2.75) is 45.5 Å². The van der Waals surface area contributed by atoms with E-state index in [1.54, 1.807) is 22.8 Å². The maximum Gasteiger partial charge on any atom is 0.492 e. The van der Waals surface area contributed by atoms with Gasteiger partial charge in [0.1, 0.15) is 11.8 Å². The zero-order valence-corrected chi connectivity index (χ0v) is 19.8. The summed E-state index contributed by atoms with van der Waals surface area (Å²) in [4.78, 5) is 16.7. The van der Waals surface area contributed by atoms with Gasteiger partial charge >= 0.3 is 13.2 Å². The second-order valence-electron chi connectivity index (χ2n) is 8.83. The van der Waals surface area contributed by atoms with Gasteiger partial charge in [-0.2, -0.15) is 5.10 Å². The fraction of sp³-hybridized carbons (Fsp3) is 0.348. The Morgan fingerprint density at radius 1 is 1.15 bits per heavy atom. The van der Waals surface area contributed by atoms with Gasteiger partial charge in [-0.3, -0.25) is 0 Å². The number of hydrogen-bond acceptors (Lipinski definition) is 6. The number of nitrogens with one attached hydrogen (secondary N) is 1. The average Bonchev–Trinajstić information content (AvgIpc) is 3.26. The molecule has 0 bridgehead atoms. The zero-order valence-electron chi connectivity index (χ0n) is 19.0. The number of hydrogen-bond donors (Lipinski definition) is 1. The third-order valence-electron chi connectivity index (χ3n) is 5.90. The quantitative estimate of drug-likeness (QED) is 0.542. The van der Waals surface area contributed by atoms with Crippen LogP contribution in [0.15, 0.2) is 54.1 Å². The van der Waals surface area contributed by atoms with E-state index >= 15 is 0 Å². The summed E-state index contributed by atoms with van der Waals surface area (Å²) in [5, 5.41) is 7.45. The minimum absolute atomic E-state index is 0.151. The second kappa shape index (κ2) is 9.17. The van der Waals surface area contributed by atoms with Crippen molar-refractivity contribution in [1.29, 1.82) is 0 Å². The Labute approximate surface area is 198 Å². The number of rotatable bonds is 6. The molecule has 1 aromatic carbocycles. The van der Waals surface area contributed by atoms with Crippen LogP contribution >= 0.6 is 11.6 Å². The third-order valence-corrected chi connectivity index (χ3v) is 6.10. The number of carbonyl (C=O) groups excluding carboxylic acids is 1. The molecule has 3 aromatic rings. The molecule has 1 fully saturated rings. The van der Waals surface area contributed by atoms with E-state index in [-0.39, 0.29) is 13.2 Å². The fourth-order valence-corrected chi connectivity index (χ4v) is 3.44. The van der Waals surface area contributed by atoms with Crippen molar-refractivity contribution < 1.29 is 18.8 Å². The van der Waals surface area contributed by atoms with E-state index in [1.165, 1.54) is 0 Å². The lowest BCUT2D eigenvalue weighted by molar-refractivity contribution is 0.00578. The van der Waals surface area contributed by atoms with Gasteiger partial charge in [-0.25, -0.2) is 14.3 Å². The minimum atomic E-state index is -0.672. The van der Waals surface area contributed by atoms with Crippen molar-refractivity contribution in [3.8, 4) is 0 Å². The molecule has 4 rings (SSSR count). The fourth-order valence-electron chi connectivity index (χ4n) is 3.30. The Hall–Kier alpha value is -2.88. The van der Waals surface area contributed by atoms with Crippen LogP contribution in [-0.4, -0.2) is 45.6 Å². The van der Waals surface area contributed by atoms with Crippen LogP contribution in [-0.2, 0) is 20.7 Å². The molecule has 172 valence electrons. The van der Waals surface area contributed by atoms with Crippen molar-refractivity contribution in [3.05, 3.63) is 70.5 Å². The van der Waals surface area contributed by atoms with Gasteiger partial charge in [0, 0.05) is 6.54 Å². The van der Waals surface area contributed by atoms with Gasteiger partial charge in [-0.15, -0.1) is 0 Å². The summed E-state index contributed by atoms with van der Waals surface area (Å²) in [5.41, 5.74) is 1.85. The summed E-state index contributed by atoms with van der Waals surface area (Å²) >= 11 is 6.07. The first kappa shape index (κ1) is 23.3. The highest BCUT2D eigenvalue weighted by Gasteiger charge is 2.52. The predicted molar refractivity (Wildman–Crippen MR) is 127 cm³/mol. The predicted octanol–water partition coefficient (Wildman–Crippen LogP) is 4.32. The lowest BCUT2D eigenvalue weighted by Crippen LogP contribution is -2.41. The van der Waals surface area contributed by atoms with E-state index < -0.39 is 24.4 Å². The molecule has 2 aromatic heterocycles. The van der Waals surface area contributed by atoms with E-state index in [4.69, 9.17) is 25.6 Å². The van der Waals surface area contributed by atoms with Crippen molar-refractivity contribution in [1.82, 2.24) is 19.9 Å². The smallest absolute Gasteiger partial charge is 0.445 e. The number of fused-ring (bicyclic) bond motifs is 1. The SMILES string of the molecule is CC1(C)OB(C(=Cc2cnc3ccc(Cl)nn23)CNC(=O)OCc2ccccc2)OC1(C)C. The molecule has 0 radical (unpaired) electrons. The molecule has 0 saturated carbocycles. The maximum atomic E-state index is 12.4. The number of aromatic nitrogens is 3. The van der Waals surface area contributed by atoms with Crippen LogP contribution in [0.3, 0.4) is 0 Å². The Kier molecular flexibility index (Phi) is 6.47. The number of nitrogens with zero attached hydrogens (tertiary/aromatic N) is 3. The standard InChI is InChI=1S/C23H26BClN4O4/c1-22(2)23(3,4)33-24(32-22)17(12-18-14-26-20-11-10-19(25)28-29(18)20)13-27-21(30)31-15-16-8-6-5-7-9-16/h5-12,14H,13,15H2,1-4H3,(H,27,30). The van der Waals surface area contributed by atoms with Gasteiger partial charge in [-0.05, 0) is 56.9 Å². The summed E-state index contributed by atoms with van der Waals surface area (Å²) in [6.07, 6.45) is 2.97. The van der Waals surface area contributed by atoms with E-state index in [9.17, 15) is 4.79 Å². The van der Waals surface area contributed by atoms with Crippen LogP contribution < -0.4 is 5.32 Å². The topological polar surface area (TPSA) is 87.0 Å². The molecule has 0 aliphatic carbocycles. The van der Waals surface area contributed by atoms with Crippen molar-refractivity contribution in [2.75, 3.05) is 6.54 Å². The molecular formula is C23H26BClN4O4. The van der Waals surface area contributed by atoms with E-state index in [0.717, 1.165) is 5.56 Å². The van der Waals surface area contributed by atoms with Gasteiger partial charge in [0.15, 0.2) is 5.65 Å². The van der Waals surface area contributed by atoms with Crippen LogP contribution in [0, 0.1) is 0 Å². The zero-order chi connectivity index (χ0) is 23.6. The number of ether oxygens (including phenoxy) is 1. The normalized spacial score (nSPS) is 17.4. The van der Waals surface area contributed by atoms with Crippen molar-refractivity contribution in [3.63, 3.8) is 0 Å². The first-order valence-corrected chi connectivity index (χ1v) is 11.0. The Morgan fingerprint density at radius 2 is 1.85 bits per heavy atom. The summed E-state index contributed by atoms with van der Waals surface area (Å²) in [6, 6.07) is 12.9. The molecule has 10 heteroatoms. The molecule has 0 unspecified atom stereocenters. The molecule has 1 aliphatic rings. The van der Waals surface area contributed by atoms with Crippen LogP contribution in [0.2, 0.25) is 5.15 Å². The molecule has 1 aliphatic heterocycles. The largest absolute Gasteiger partial charge is 0.492 e. The molecule has 1 N–H and O–H groups in total. The van der Waals surface area contributed by atoms with Gasteiger partial charge < -0.3 is 19.4 Å². The van der Waals surface area contributed by atoms with Crippen LogP contribution in [0.25, 0.3) is 11.7 Å². The average molecular weight is 469 g/mol. The monoisotopic (exact) mass is 468 g/mol. The second-order valence-corrected chi connectivity index (χ2v) is 9.22. The highest BCUT2D eigenvalue weighted by atomic mass is 35.5.